The number of nitrogens with zero attached hydrogens (tertiary/aromatic N) is 1. The summed E-state index contributed by atoms with van der Waals surface area (Å²) in [5.41, 5.74) is 0.515. The number of morpholine rings is 1. The predicted molar refractivity (Wildman–Crippen MR) is 64.7 cm³/mol. The summed E-state index contributed by atoms with van der Waals surface area (Å²) in [7, 11) is -3.52. The second kappa shape index (κ2) is 5.68. The van der Waals surface area contributed by atoms with E-state index in [1.807, 2.05) is 0 Å². The average Bonchev–Trinajstić information content (AvgIpc) is 2.40. The van der Waals surface area contributed by atoms with Crippen molar-refractivity contribution in [2.45, 2.75) is 11.3 Å². The fourth-order valence-corrected chi connectivity index (χ4v) is 3.29. The lowest BCUT2D eigenvalue weighted by molar-refractivity contribution is -0.304. The minimum Gasteiger partial charge on any atom is -0.550 e. The number of carbonyl (C=O) groups is 1. The second-order valence-electron chi connectivity index (χ2n) is 4.21. The molecule has 0 unspecified atom stereocenters. The number of carboxylic acids is 1. The molecule has 6 nitrogen and oxygen atoms in total. The Kier molecular flexibility index (Phi) is 4.18. The van der Waals surface area contributed by atoms with Crippen LogP contribution in [0.15, 0.2) is 29.2 Å². The summed E-state index contributed by atoms with van der Waals surface area (Å²) in [6, 6.07) is 5.82. The molecule has 1 aliphatic heterocycles. The first kappa shape index (κ1) is 14.0. The highest BCUT2D eigenvalue weighted by molar-refractivity contribution is 7.89. The fourth-order valence-electron chi connectivity index (χ4n) is 1.88. The molecule has 104 valence electrons. The minimum atomic E-state index is -3.52. The lowest BCUT2D eigenvalue weighted by Crippen LogP contribution is -2.40. The van der Waals surface area contributed by atoms with Gasteiger partial charge in [0.25, 0.3) is 0 Å². The van der Waals surface area contributed by atoms with Crippen LogP contribution in [0.4, 0.5) is 0 Å². The van der Waals surface area contributed by atoms with Gasteiger partial charge in [-0.1, -0.05) is 12.1 Å². The van der Waals surface area contributed by atoms with Gasteiger partial charge in [0.15, 0.2) is 0 Å². The van der Waals surface area contributed by atoms with Gasteiger partial charge in [0.05, 0.1) is 18.1 Å². The Balaban J connectivity index is 2.18. The molecular formula is C12H14NO5S-. The highest BCUT2D eigenvalue weighted by Crippen LogP contribution is 2.17. The number of carbonyl (C=O) groups excluding carboxylic acids is 1. The van der Waals surface area contributed by atoms with Crippen molar-refractivity contribution in [2.24, 2.45) is 0 Å². The normalized spacial score (nSPS) is 17.3. The molecule has 1 aliphatic rings. The Bertz CT molecular complexity index is 546. The minimum absolute atomic E-state index is 0.163. The number of ether oxygens (including phenoxy) is 1. The summed E-state index contributed by atoms with van der Waals surface area (Å²) in [5, 5.41) is 10.4. The zero-order valence-electron chi connectivity index (χ0n) is 10.2. The molecule has 0 amide bonds. The van der Waals surface area contributed by atoms with Crippen molar-refractivity contribution in [3.8, 4) is 0 Å². The maximum Gasteiger partial charge on any atom is 0.243 e. The first-order chi connectivity index (χ1) is 9.00. The van der Waals surface area contributed by atoms with Gasteiger partial charge < -0.3 is 14.6 Å². The van der Waals surface area contributed by atoms with Gasteiger partial charge in [-0.3, -0.25) is 0 Å². The number of benzene rings is 1. The van der Waals surface area contributed by atoms with Crippen molar-refractivity contribution in [2.75, 3.05) is 26.3 Å². The zero-order chi connectivity index (χ0) is 13.9. The summed E-state index contributed by atoms with van der Waals surface area (Å²) in [6.45, 7) is 1.45. The highest BCUT2D eigenvalue weighted by atomic mass is 32.2. The lowest BCUT2D eigenvalue weighted by Gasteiger charge is -2.26. The largest absolute Gasteiger partial charge is 0.550 e. The van der Waals surface area contributed by atoms with Gasteiger partial charge in [-0.25, -0.2) is 8.42 Å². The Hall–Kier alpha value is -1.44. The van der Waals surface area contributed by atoms with E-state index >= 15 is 0 Å². The van der Waals surface area contributed by atoms with Gasteiger partial charge in [0.1, 0.15) is 0 Å². The van der Waals surface area contributed by atoms with Crippen LogP contribution < -0.4 is 5.11 Å². The van der Waals surface area contributed by atoms with Gasteiger partial charge in [0.2, 0.25) is 10.0 Å². The van der Waals surface area contributed by atoms with Crippen molar-refractivity contribution in [1.29, 1.82) is 0 Å². The number of carboxylic acid groups (broad SMARTS) is 1. The molecule has 1 aromatic carbocycles. The molecular weight excluding hydrogens is 270 g/mol. The van der Waals surface area contributed by atoms with Crippen LogP contribution in [0.25, 0.3) is 0 Å². The number of rotatable bonds is 4. The van der Waals surface area contributed by atoms with Crippen LogP contribution in [0.3, 0.4) is 0 Å². The van der Waals surface area contributed by atoms with Crippen LogP contribution in [-0.2, 0) is 26.0 Å². The molecule has 2 rings (SSSR count). The quantitative estimate of drug-likeness (QED) is 0.708. The van der Waals surface area contributed by atoms with Gasteiger partial charge in [-0.2, -0.15) is 4.31 Å². The number of sulfonamides is 1. The van der Waals surface area contributed by atoms with Crippen molar-refractivity contribution in [3.05, 3.63) is 29.8 Å². The molecule has 0 aliphatic carbocycles. The molecule has 19 heavy (non-hydrogen) atoms. The average molecular weight is 284 g/mol. The van der Waals surface area contributed by atoms with E-state index in [0.29, 0.717) is 31.9 Å². The zero-order valence-corrected chi connectivity index (χ0v) is 11.1. The van der Waals surface area contributed by atoms with E-state index in [-0.39, 0.29) is 11.3 Å². The third-order valence-electron chi connectivity index (χ3n) is 2.88. The van der Waals surface area contributed by atoms with Gasteiger partial charge in [-0.15, -0.1) is 0 Å². The van der Waals surface area contributed by atoms with Crippen molar-refractivity contribution < 1.29 is 23.1 Å². The molecule has 7 heteroatoms. The van der Waals surface area contributed by atoms with E-state index in [2.05, 4.69) is 0 Å². The van der Waals surface area contributed by atoms with Crippen LogP contribution in [0.1, 0.15) is 5.56 Å². The number of hydrogen-bond acceptors (Lipinski definition) is 5. The smallest absolute Gasteiger partial charge is 0.243 e. The summed E-state index contributed by atoms with van der Waals surface area (Å²) in [6.07, 6.45) is -0.224. The fraction of sp³-hybridized carbons (Fsp3) is 0.417. The van der Waals surface area contributed by atoms with Gasteiger partial charge >= 0.3 is 0 Å². The molecule has 1 fully saturated rings. The van der Waals surface area contributed by atoms with E-state index < -0.39 is 16.0 Å². The van der Waals surface area contributed by atoms with Crippen LogP contribution in [0.2, 0.25) is 0 Å². The number of aliphatic carboxylic acids is 1. The molecule has 0 N–H and O–H groups in total. The molecule has 0 aromatic heterocycles. The Morgan fingerprint density at radius 1 is 1.21 bits per heavy atom. The van der Waals surface area contributed by atoms with Gasteiger partial charge in [0, 0.05) is 25.5 Å². The third-order valence-corrected chi connectivity index (χ3v) is 4.79. The van der Waals surface area contributed by atoms with Crippen molar-refractivity contribution in [1.82, 2.24) is 4.31 Å². The molecule has 1 aromatic rings. The van der Waals surface area contributed by atoms with Crippen LogP contribution in [0.5, 0.6) is 0 Å². The van der Waals surface area contributed by atoms with Crippen LogP contribution >= 0.6 is 0 Å². The third kappa shape index (κ3) is 3.31. The first-order valence-electron chi connectivity index (χ1n) is 5.87. The van der Waals surface area contributed by atoms with E-state index in [9.17, 15) is 18.3 Å². The monoisotopic (exact) mass is 284 g/mol. The molecule has 0 atom stereocenters. The Morgan fingerprint density at radius 3 is 2.32 bits per heavy atom. The molecule has 0 radical (unpaired) electrons. The van der Waals surface area contributed by atoms with Crippen LogP contribution in [-0.4, -0.2) is 45.0 Å². The molecule has 0 spiro atoms. The summed E-state index contributed by atoms with van der Waals surface area (Å²) in [5.74, 6) is -1.19. The topological polar surface area (TPSA) is 86.7 Å². The summed E-state index contributed by atoms with van der Waals surface area (Å²) < 4.78 is 31.0. The molecule has 1 heterocycles. The van der Waals surface area contributed by atoms with Crippen LogP contribution in [0, 0.1) is 0 Å². The standard InChI is InChI=1S/C12H15NO5S/c14-12(15)9-10-1-3-11(4-2-10)19(16,17)13-5-7-18-8-6-13/h1-4H,5-9H2,(H,14,15)/p-1. The molecule has 1 saturated heterocycles. The number of hydrogen-bond donors (Lipinski definition) is 0. The summed E-state index contributed by atoms with van der Waals surface area (Å²) in [4.78, 5) is 10.6. The highest BCUT2D eigenvalue weighted by Gasteiger charge is 2.25. The molecule has 0 bridgehead atoms. The summed E-state index contributed by atoms with van der Waals surface area (Å²) >= 11 is 0. The van der Waals surface area contributed by atoms with E-state index in [1.54, 1.807) is 0 Å². The maximum atomic E-state index is 12.3. The van der Waals surface area contributed by atoms with Crippen molar-refractivity contribution in [3.63, 3.8) is 0 Å². The van der Waals surface area contributed by atoms with E-state index in [0.717, 1.165) is 0 Å². The van der Waals surface area contributed by atoms with E-state index in [1.165, 1.54) is 28.6 Å². The SMILES string of the molecule is O=C([O-])Cc1ccc(S(=O)(=O)N2CCOCC2)cc1. The van der Waals surface area contributed by atoms with Crippen molar-refractivity contribution >= 4 is 16.0 Å². The molecule has 0 saturated carbocycles. The second-order valence-corrected chi connectivity index (χ2v) is 6.15. The van der Waals surface area contributed by atoms with Gasteiger partial charge in [-0.05, 0) is 17.7 Å². The Labute approximate surface area is 111 Å². The Morgan fingerprint density at radius 2 is 1.79 bits per heavy atom. The lowest BCUT2D eigenvalue weighted by atomic mass is 10.2. The first-order valence-corrected chi connectivity index (χ1v) is 7.31. The van der Waals surface area contributed by atoms with E-state index in [4.69, 9.17) is 4.74 Å². The maximum absolute atomic E-state index is 12.3. The predicted octanol–water partition coefficient (Wildman–Crippen LogP) is -1.00.